The first kappa shape index (κ1) is 16.6. The van der Waals surface area contributed by atoms with E-state index in [1.54, 1.807) is 6.07 Å². The summed E-state index contributed by atoms with van der Waals surface area (Å²) in [5.74, 6) is 2.13. The van der Waals surface area contributed by atoms with Crippen LogP contribution in [0.1, 0.15) is 71.5 Å². The molecule has 0 amide bonds. The van der Waals surface area contributed by atoms with Gasteiger partial charge in [-0.15, -0.1) is 0 Å². The van der Waals surface area contributed by atoms with Crippen LogP contribution in [0.15, 0.2) is 18.2 Å². The van der Waals surface area contributed by atoms with Gasteiger partial charge in [0.2, 0.25) is 0 Å². The molecule has 3 rings (SSSR count). The van der Waals surface area contributed by atoms with E-state index in [0.29, 0.717) is 11.7 Å². The largest absolute Gasteiger partial charge is 0.507 e. The lowest BCUT2D eigenvalue weighted by Gasteiger charge is -2.50. The van der Waals surface area contributed by atoms with Crippen LogP contribution < -0.4 is 4.74 Å². The number of phenolic OH excluding ortho intramolecular Hbond substituents is 1. The van der Waals surface area contributed by atoms with Crippen molar-refractivity contribution in [3.05, 3.63) is 23.8 Å². The Hall–Kier alpha value is -1.22. The molecule has 2 aliphatic rings. The molecule has 4 atom stereocenters. The Bertz CT molecular complexity index is 554. The molecule has 0 spiro atoms. The van der Waals surface area contributed by atoms with Crippen molar-refractivity contribution < 1.29 is 14.6 Å². The zero-order chi connectivity index (χ0) is 16.6. The molecule has 3 nitrogen and oxygen atoms in total. The fourth-order valence-electron chi connectivity index (χ4n) is 4.21. The number of rotatable bonds is 4. The molecule has 0 saturated carbocycles. The Morgan fingerprint density at radius 2 is 2.09 bits per heavy atom. The van der Waals surface area contributed by atoms with Crippen LogP contribution in [0.25, 0.3) is 0 Å². The molecule has 0 aliphatic carbocycles. The van der Waals surface area contributed by atoms with Crippen LogP contribution >= 0.6 is 0 Å². The number of fused-ring (bicyclic) bond motifs is 3. The highest BCUT2D eigenvalue weighted by Gasteiger charge is 2.50. The molecule has 1 aromatic rings. The number of ether oxygens (including phenoxy) is 2. The molecule has 128 valence electrons. The smallest absolute Gasteiger partial charge is 0.129 e. The predicted octanol–water partition coefficient (Wildman–Crippen LogP) is 5.23. The molecule has 1 aromatic carbocycles. The lowest BCUT2D eigenvalue weighted by Crippen LogP contribution is -2.50. The minimum absolute atomic E-state index is 0.0484. The second-order valence-corrected chi connectivity index (χ2v) is 7.94. The second kappa shape index (κ2) is 6.35. The van der Waals surface area contributed by atoms with E-state index in [4.69, 9.17) is 9.47 Å². The maximum absolute atomic E-state index is 10.3. The summed E-state index contributed by atoms with van der Waals surface area (Å²) in [6, 6.07) is 5.56. The number of benzene rings is 1. The van der Waals surface area contributed by atoms with E-state index >= 15 is 0 Å². The molecular weight excluding hydrogens is 288 g/mol. The molecule has 23 heavy (non-hydrogen) atoms. The number of aromatic hydroxyl groups is 1. The molecular formula is C20H30O3. The summed E-state index contributed by atoms with van der Waals surface area (Å²) in [6.45, 7) is 8.90. The quantitative estimate of drug-likeness (QED) is 0.826. The number of hydrogen-bond donors (Lipinski definition) is 1. The average molecular weight is 318 g/mol. The van der Waals surface area contributed by atoms with E-state index < -0.39 is 0 Å². The third-order valence-corrected chi connectivity index (χ3v) is 5.54. The van der Waals surface area contributed by atoms with Gasteiger partial charge in [-0.05, 0) is 57.6 Å². The van der Waals surface area contributed by atoms with E-state index in [-0.39, 0.29) is 17.8 Å². The van der Waals surface area contributed by atoms with Gasteiger partial charge in [-0.3, -0.25) is 0 Å². The molecule has 1 saturated heterocycles. The van der Waals surface area contributed by atoms with Crippen molar-refractivity contribution in [1.82, 2.24) is 0 Å². The molecule has 0 bridgehead atoms. The molecule has 2 aliphatic heterocycles. The maximum atomic E-state index is 10.3. The Labute approximate surface area is 140 Å². The van der Waals surface area contributed by atoms with Crippen molar-refractivity contribution in [3.63, 3.8) is 0 Å². The number of phenols is 1. The Morgan fingerprint density at radius 1 is 1.30 bits per heavy atom. The van der Waals surface area contributed by atoms with Crippen LogP contribution in [0.3, 0.4) is 0 Å². The van der Waals surface area contributed by atoms with Crippen molar-refractivity contribution in [2.24, 2.45) is 11.8 Å². The van der Waals surface area contributed by atoms with Crippen LogP contribution in [-0.2, 0) is 4.74 Å². The highest BCUT2D eigenvalue weighted by atomic mass is 16.5. The highest BCUT2D eigenvalue weighted by Crippen LogP contribution is 2.54. The monoisotopic (exact) mass is 318 g/mol. The number of hydrogen-bond acceptors (Lipinski definition) is 3. The van der Waals surface area contributed by atoms with Gasteiger partial charge in [0.1, 0.15) is 17.1 Å². The summed E-state index contributed by atoms with van der Waals surface area (Å²) in [5.41, 5.74) is 0.644. The lowest BCUT2D eigenvalue weighted by atomic mass is 9.72. The maximum Gasteiger partial charge on any atom is 0.129 e. The van der Waals surface area contributed by atoms with Gasteiger partial charge < -0.3 is 14.6 Å². The Balaban J connectivity index is 1.91. The van der Waals surface area contributed by atoms with E-state index in [9.17, 15) is 5.11 Å². The van der Waals surface area contributed by atoms with Gasteiger partial charge in [0.05, 0.1) is 17.8 Å². The highest BCUT2D eigenvalue weighted by molar-refractivity contribution is 5.48. The molecule has 2 heterocycles. The van der Waals surface area contributed by atoms with Crippen molar-refractivity contribution in [2.75, 3.05) is 0 Å². The van der Waals surface area contributed by atoms with Gasteiger partial charge in [0, 0.05) is 5.92 Å². The van der Waals surface area contributed by atoms with Crippen molar-refractivity contribution in [2.45, 2.75) is 77.6 Å². The summed E-state index contributed by atoms with van der Waals surface area (Å²) >= 11 is 0. The fraction of sp³-hybridized carbons (Fsp3) is 0.700. The molecule has 1 fully saturated rings. The summed E-state index contributed by atoms with van der Waals surface area (Å²) in [4.78, 5) is 0. The molecule has 0 aromatic heterocycles. The van der Waals surface area contributed by atoms with E-state index in [0.717, 1.165) is 36.5 Å². The second-order valence-electron chi connectivity index (χ2n) is 7.94. The first-order valence-corrected chi connectivity index (χ1v) is 9.07. The Morgan fingerprint density at radius 3 is 2.83 bits per heavy atom. The summed E-state index contributed by atoms with van der Waals surface area (Å²) in [5, 5.41) is 10.3. The minimum Gasteiger partial charge on any atom is -0.507 e. The van der Waals surface area contributed by atoms with Crippen molar-refractivity contribution >= 4 is 0 Å². The molecule has 3 heteroatoms. The van der Waals surface area contributed by atoms with Crippen LogP contribution in [0.4, 0.5) is 0 Å². The van der Waals surface area contributed by atoms with Gasteiger partial charge in [0.15, 0.2) is 0 Å². The molecule has 1 N–H and O–H groups in total. The third kappa shape index (κ3) is 3.21. The van der Waals surface area contributed by atoms with Gasteiger partial charge in [-0.2, -0.15) is 0 Å². The zero-order valence-electron chi connectivity index (χ0n) is 14.8. The standard InChI is InChI=1S/C20H30O3/c1-13(2)7-6-12-20(4)15-11-10-14(3)22-19(15)18-16(21)8-5-9-17(18)23-20/h5,8-9,13-15,19,21H,6-7,10-12H2,1-4H3/t14-,15-,19-,20+/m1/s1. The third-order valence-electron chi connectivity index (χ3n) is 5.54. The fourth-order valence-corrected chi connectivity index (χ4v) is 4.21. The minimum atomic E-state index is -0.208. The predicted molar refractivity (Wildman–Crippen MR) is 91.8 cm³/mol. The Kier molecular flexibility index (Phi) is 4.59. The van der Waals surface area contributed by atoms with Gasteiger partial charge in [0.25, 0.3) is 0 Å². The van der Waals surface area contributed by atoms with E-state index in [2.05, 4.69) is 27.7 Å². The molecule has 0 radical (unpaired) electrons. The summed E-state index contributed by atoms with van der Waals surface area (Å²) < 4.78 is 12.7. The zero-order valence-corrected chi connectivity index (χ0v) is 14.8. The van der Waals surface area contributed by atoms with Gasteiger partial charge >= 0.3 is 0 Å². The van der Waals surface area contributed by atoms with Crippen molar-refractivity contribution in [1.29, 1.82) is 0 Å². The van der Waals surface area contributed by atoms with E-state index in [1.165, 1.54) is 12.8 Å². The van der Waals surface area contributed by atoms with Crippen LogP contribution in [0, 0.1) is 11.8 Å². The van der Waals surface area contributed by atoms with Gasteiger partial charge in [-0.25, -0.2) is 0 Å². The topological polar surface area (TPSA) is 38.7 Å². The first-order valence-electron chi connectivity index (χ1n) is 9.07. The van der Waals surface area contributed by atoms with Crippen molar-refractivity contribution in [3.8, 4) is 11.5 Å². The summed E-state index contributed by atoms with van der Waals surface area (Å²) in [7, 11) is 0. The normalized spacial score (nSPS) is 33.0. The van der Waals surface area contributed by atoms with E-state index in [1.807, 2.05) is 12.1 Å². The van der Waals surface area contributed by atoms with Gasteiger partial charge in [-0.1, -0.05) is 26.3 Å². The SMILES string of the molecule is CC(C)CCC[C@]1(C)Oc2cccc(O)c2[C@@H]2O[C@H](C)CC[C@H]21. The summed E-state index contributed by atoms with van der Waals surface area (Å²) in [6.07, 6.45) is 5.78. The van der Waals surface area contributed by atoms with Crippen LogP contribution in [0.5, 0.6) is 11.5 Å². The lowest BCUT2D eigenvalue weighted by molar-refractivity contribution is -0.153. The first-order chi connectivity index (χ1) is 10.9. The van der Waals surface area contributed by atoms with Crippen LogP contribution in [-0.4, -0.2) is 16.8 Å². The molecule has 0 unspecified atom stereocenters. The van der Waals surface area contributed by atoms with Crippen LogP contribution in [0.2, 0.25) is 0 Å². The average Bonchev–Trinajstić information content (AvgIpc) is 2.46.